The van der Waals surface area contributed by atoms with Crippen LogP contribution in [0.2, 0.25) is 0 Å². The van der Waals surface area contributed by atoms with Crippen molar-refractivity contribution in [3.63, 3.8) is 0 Å². The van der Waals surface area contributed by atoms with E-state index in [1.807, 2.05) is 0 Å². The van der Waals surface area contributed by atoms with Crippen LogP contribution in [0.25, 0.3) is 0 Å². The van der Waals surface area contributed by atoms with E-state index in [0.717, 1.165) is 0 Å². The molecule has 0 aliphatic rings. The highest BCUT2D eigenvalue weighted by molar-refractivity contribution is 5.11. The number of halogens is 15. The van der Waals surface area contributed by atoms with Crippen LogP contribution in [0, 0.1) is 0 Å². The average molecular weight is 384 g/mol. The highest BCUT2D eigenvalue weighted by atomic mass is 19.4. The average Bonchev–Trinajstić information content (AvgIpc) is 2.35. The van der Waals surface area contributed by atoms with Crippen molar-refractivity contribution in [2.45, 2.75) is 42.0 Å². The third-order valence-electron chi connectivity index (χ3n) is 2.49. The van der Waals surface area contributed by atoms with E-state index >= 15 is 0 Å². The first kappa shape index (κ1) is 21.9. The summed E-state index contributed by atoms with van der Waals surface area (Å²) in [5.41, 5.74) is 0. The summed E-state index contributed by atoms with van der Waals surface area (Å²) >= 11 is 0. The second-order valence-electron chi connectivity index (χ2n) is 4.04. The molecule has 0 aliphatic heterocycles. The fraction of sp³-hybridized carbons (Fsp3) is 1.00. The van der Waals surface area contributed by atoms with Gasteiger partial charge in [0.2, 0.25) is 0 Å². The predicted molar refractivity (Wildman–Crippen MR) is 41.7 cm³/mol. The standard InChI is InChI=1S/C8H3F15/c9-1-2(10)3(11,12)4(13,14)5(15,16)6(17,18)7(19,20)8(21,22)23/h2H,1H2. The first-order valence-electron chi connectivity index (χ1n) is 4.89. The lowest BCUT2D eigenvalue weighted by atomic mass is 9.92. The summed E-state index contributed by atoms with van der Waals surface area (Å²) in [7, 11) is 0. The smallest absolute Gasteiger partial charge is 0.248 e. The zero-order valence-corrected chi connectivity index (χ0v) is 9.95. The van der Waals surface area contributed by atoms with Gasteiger partial charge >= 0.3 is 35.8 Å². The van der Waals surface area contributed by atoms with Gasteiger partial charge in [-0.25, -0.2) is 8.78 Å². The maximum Gasteiger partial charge on any atom is 0.460 e. The van der Waals surface area contributed by atoms with Crippen molar-refractivity contribution in [2.24, 2.45) is 0 Å². The minimum Gasteiger partial charge on any atom is -0.248 e. The molecule has 15 heteroatoms. The molecule has 0 fully saturated rings. The minimum absolute atomic E-state index is 3.14. The Morgan fingerprint density at radius 1 is 0.522 bits per heavy atom. The molecule has 140 valence electrons. The molecule has 0 bridgehead atoms. The molecule has 0 aliphatic carbocycles. The molecule has 1 unspecified atom stereocenters. The first-order valence-corrected chi connectivity index (χ1v) is 4.89. The Bertz CT molecular complexity index is 418. The molecule has 0 N–H and O–H groups in total. The number of hydrogen-bond donors (Lipinski definition) is 0. The van der Waals surface area contributed by atoms with Crippen LogP contribution in [0.15, 0.2) is 0 Å². The number of rotatable bonds is 6. The molecule has 0 amide bonds. The molecule has 23 heavy (non-hydrogen) atoms. The van der Waals surface area contributed by atoms with E-state index in [9.17, 15) is 65.9 Å². The molecule has 0 radical (unpaired) electrons. The predicted octanol–water partition coefficient (Wildman–Crippen LogP) is 5.03. The Morgan fingerprint density at radius 3 is 1.09 bits per heavy atom. The third kappa shape index (κ3) is 2.79. The highest BCUT2D eigenvalue weighted by Crippen LogP contribution is 2.60. The van der Waals surface area contributed by atoms with Gasteiger partial charge < -0.3 is 0 Å². The van der Waals surface area contributed by atoms with Crippen LogP contribution in [0.1, 0.15) is 0 Å². The van der Waals surface area contributed by atoms with Gasteiger partial charge in [0.15, 0.2) is 6.17 Å². The Balaban J connectivity index is 6.25. The molecular weight excluding hydrogens is 381 g/mol. The SMILES string of the molecule is FCC(F)C(F)(F)C(F)(F)C(F)(F)C(F)(F)C(F)(F)C(F)(F)F. The Hall–Kier alpha value is -1.05. The van der Waals surface area contributed by atoms with Crippen LogP contribution in [0.3, 0.4) is 0 Å². The summed E-state index contributed by atoms with van der Waals surface area (Å²) < 4.78 is 185. The lowest BCUT2D eigenvalue weighted by molar-refractivity contribution is -0.443. The molecule has 0 aromatic carbocycles. The molecule has 0 spiro atoms. The summed E-state index contributed by atoms with van der Waals surface area (Å²) in [6, 6.07) is 0. The van der Waals surface area contributed by atoms with Gasteiger partial charge in [0.05, 0.1) is 0 Å². The fourth-order valence-electron chi connectivity index (χ4n) is 1.08. The Morgan fingerprint density at radius 2 is 0.826 bits per heavy atom. The van der Waals surface area contributed by atoms with E-state index in [-0.39, 0.29) is 0 Å². The van der Waals surface area contributed by atoms with Gasteiger partial charge in [-0.05, 0) is 0 Å². The summed E-state index contributed by atoms with van der Waals surface area (Å²) in [5, 5.41) is 0. The van der Waals surface area contributed by atoms with Gasteiger partial charge in [-0.3, -0.25) is 0 Å². The maximum atomic E-state index is 12.7. The summed E-state index contributed by atoms with van der Waals surface area (Å²) in [5.74, 6) is -38.9. The monoisotopic (exact) mass is 384 g/mol. The Labute approximate surface area is 116 Å². The lowest BCUT2D eigenvalue weighted by Crippen LogP contribution is -2.71. The van der Waals surface area contributed by atoms with Crippen molar-refractivity contribution in [1.29, 1.82) is 0 Å². The van der Waals surface area contributed by atoms with Crippen molar-refractivity contribution in [3.05, 3.63) is 0 Å². The minimum atomic E-state index is -8.11. The van der Waals surface area contributed by atoms with Gasteiger partial charge in [-0.1, -0.05) is 0 Å². The first-order chi connectivity index (χ1) is 9.73. The van der Waals surface area contributed by atoms with Crippen LogP contribution >= 0.6 is 0 Å². The maximum absolute atomic E-state index is 12.7. The van der Waals surface area contributed by atoms with E-state index < -0.39 is 48.6 Å². The zero-order chi connectivity index (χ0) is 19.3. The zero-order valence-electron chi connectivity index (χ0n) is 9.95. The van der Waals surface area contributed by atoms with Crippen LogP contribution in [-0.2, 0) is 0 Å². The lowest BCUT2D eigenvalue weighted by Gasteiger charge is -2.40. The second kappa shape index (κ2) is 5.50. The molecule has 0 aromatic rings. The Kier molecular flexibility index (Phi) is 5.25. The number of alkyl halides is 15. The second-order valence-corrected chi connectivity index (χ2v) is 4.04. The van der Waals surface area contributed by atoms with Gasteiger partial charge in [0, 0.05) is 0 Å². The molecule has 0 saturated heterocycles. The van der Waals surface area contributed by atoms with Crippen LogP contribution < -0.4 is 0 Å². The molecule has 0 saturated carbocycles. The molecule has 0 rings (SSSR count). The summed E-state index contributed by atoms with van der Waals surface area (Å²) in [6.45, 7) is -3.14. The molecule has 1 atom stereocenters. The van der Waals surface area contributed by atoms with E-state index in [1.165, 1.54) is 0 Å². The van der Waals surface area contributed by atoms with Crippen molar-refractivity contribution < 1.29 is 65.9 Å². The van der Waals surface area contributed by atoms with Gasteiger partial charge in [-0.15, -0.1) is 0 Å². The van der Waals surface area contributed by atoms with Gasteiger partial charge in [0.1, 0.15) is 6.67 Å². The van der Waals surface area contributed by atoms with Crippen molar-refractivity contribution in [1.82, 2.24) is 0 Å². The van der Waals surface area contributed by atoms with Crippen LogP contribution in [0.5, 0.6) is 0 Å². The van der Waals surface area contributed by atoms with E-state index in [0.29, 0.717) is 0 Å². The molecule has 0 heterocycles. The quantitative estimate of drug-likeness (QED) is 0.564. The van der Waals surface area contributed by atoms with Crippen molar-refractivity contribution in [3.8, 4) is 0 Å². The van der Waals surface area contributed by atoms with E-state index in [2.05, 4.69) is 0 Å². The molecule has 0 nitrogen and oxygen atoms in total. The van der Waals surface area contributed by atoms with Gasteiger partial charge in [-0.2, -0.15) is 57.1 Å². The fourth-order valence-corrected chi connectivity index (χ4v) is 1.08. The molecule has 0 aromatic heterocycles. The normalized spacial score (nSPS) is 17.3. The van der Waals surface area contributed by atoms with Crippen molar-refractivity contribution in [2.75, 3.05) is 6.67 Å². The summed E-state index contributed by atoms with van der Waals surface area (Å²) in [4.78, 5) is 0. The van der Waals surface area contributed by atoms with Gasteiger partial charge in [0.25, 0.3) is 0 Å². The summed E-state index contributed by atoms with van der Waals surface area (Å²) in [6.07, 6.45) is -12.4. The molecular formula is C8H3F15. The topological polar surface area (TPSA) is 0 Å². The van der Waals surface area contributed by atoms with Crippen LogP contribution in [-0.4, -0.2) is 48.6 Å². The van der Waals surface area contributed by atoms with Crippen LogP contribution in [0.4, 0.5) is 65.9 Å². The third-order valence-corrected chi connectivity index (χ3v) is 2.49. The number of hydrogen-bond acceptors (Lipinski definition) is 0. The van der Waals surface area contributed by atoms with E-state index in [1.54, 1.807) is 0 Å². The van der Waals surface area contributed by atoms with Crippen molar-refractivity contribution >= 4 is 0 Å². The van der Waals surface area contributed by atoms with E-state index in [4.69, 9.17) is 0 Å². The largest absolute Gasteiger partial charge is 0.460 e. The highest BCUT2D eigenvalue weighted by Gasteiger charge is 2.91.